The summed E-state index contributed by atoms with van der Waals surface area (Å²) < 4.78 is 19.4. The van der Waals surface area contributed by atoms with Gasteiger partial charge in [-0.3, -0.25) is 0 Å². The van der Waals surface area contributed by atoms with Gasteiger partial charge in [-0.2, -0.15) is 0 Å². The van der Waals surface area contributed by atoms with E-state index >= 15 is 0 Å². The largest absolute Gasteiger partial charge is 0.394 e. The van der Waals surface area contributed by atoms with Gasteiger partial charge in [0, 0.05) is 0 Å². The lowest BCUT2D eigenvalue weighted by atomic mass is 9.34. The molecule has 4 aliphatic carbocycles. The average Bonchev–Trinajstić information content (AvgIpc) is 3.55. The molecule has 0 bridgehead atoms. The predicted molar refractivity (Wildman–Crippen MR) is 169 cm³/mol. The Balaban J connectivity index is 1.38. The molecule has 266 valence electrons. The van der Waals surface area contributed by atoms with Crippen LogP contribution in [0.4, 0.5) is 0 Å². The summed E-state index contributed by atoms with van der Waals surface area (Å²) in [5.41, 5.74) is -2.83. The molecule has 6 fully saturated rings. The molecule has 4 saturated carbocycles. The summed E-state index contributed by atoms with van der Waals surface area (Å²) >= 11 is 0. The quantitative estimate of drug-likeness (QED) is 0.219. The number of fused-ring (bicyclic) bond motifs is 5. The Hall–Kier alpha value is -0.400. The van der Waals surface area contributed by atoms with E-state index < -0.39 is 72.2 Å². The Morgan fingerprint density at radius 1 is 0.826 bits per heavy atom. The molecule has 2 saturated heterocycles. The van der Waals surface area contributed by atoms with Crippen molar-refractivity contribution in [3.63, 3.8) is 0 Å². The molecule has 0 radical (unpaired) electrons. The molecule has 46 heavy (non-hydrogen) atoms. The Morgan fingerprint density at radius 3 is 2.11 bits per heavy atom. The number of ether oxygens (including phenoxy) is 3. The molecular formula is C36H62O10. The van der Waals surface area contributed by atoms with Crippen molar-refractivity contribution in [1.29, 1.82) is 0 Å². The van der Waals surface area contributed by atoms with Crippen LogP contribution in [-0.4, -0.2) is 109 Å². The second-order valence-corrected chi connectivity index (χ2v) is 18.4. The van der Waals surface area contributed by atoms with Gasteiger partial charge in [0.2, 0.25) is 0 Å². The molecule has 7 N–H and O–H groups in total. The van der Waals surface area contributed by atoms with E-state index in [-0.39, 0.29) is 46.0 Å². The minimum atomic E-state index is -1.54. The van der Waals surface area contributed by atoms with Crippen molar-refractivity contribution in [2.45, 2.75) is 173 Å². The van der Waals surface area contributed by atoms with Crippen LogP contribution in [0.2, 0.25) is 0 Å². The van der Waals surface area contributed by atoms with Gasteiger partial charge in [-0.05, 0) is 117 Å². The first-order chi connectivity index (χ1) is 21.2. The number of hydrogen-bond acceptors (Lipinski definition) is 10. The highest BCUT2D eigenvalue weighted by Gasteiger charge is 2.74. The molecule has 17 unspecified atom stereocenters. The average molecular weight is 655 g/mol. The third-order valence-electron chi connectivity index (χ3n) is 15.3. The fourth-order valence-corrected chi connectivity index (χ4v) is 12.7. The van der Waals surface area contributed by atoms with Crippen molar-refractivity contribution in [1.82, 2.24) is 0 Å². The molecule has 0 amide bonds. The summed E-state index contributed by atoms with van der Waals surface area (Å²) in [6.45, 7) is 16.4. The van der Waals surface area contributed by atoms with Crippen LogP contribution in [0, 0.1) is 45.3 Å². The second-order valence-electron chi connectivity index (χ2n) is 18.4. The normalized spacial score (nSPS) is 57.1. The smallest absolute Gasteiger partial charge is 0.186 e. The second kappa shape index (κ2) is 11.3. The molecule has 17 atom stereocenters. The molecule has 10 heteroatoms. The van der Waals surface area contributed by atoms with E-state index in [0.717, 1.165) is 32.1 Å². The van der Waals surface area contributed by atoms with Crippen molar-refractivity contribution in [3.05, 3.63) is 0 Å². The van der Waals surface area contributed by atoms with Gasteiger partial charge in [0.15, 0.2) is 6.29 Å². The predicted octanol–water partition coefficient (Wildman–Crippen LogP) is 2.51. The van der Waals surface area contributed by atoms with Gasteiger partial charge in [-0.15, -0.1) is 0 Å². The maximum absolute atomic E-state index is 12.2. The SMILES string of the molecule is CC(C)(O)C1CCC(C)(C2CCC3(C)C2C(O)CC2C4(C)CCC(O)C(C)(C)C4C(OC4OC(CO)C(O)C(O)C4O)CC23C)O1. The van der Waals surface area contributed by atoms with Crippen LogP contribution >= 0.6 is 0 Å². The van der Waals surface area contributed by atoms with Gasteiger partial charge in [-0.1, -0.05) is 34.6 Å². The van der Waals surface area contributed by atoms with Gasteiger partial charge in [0.1, 0.15) is 24.4 Å². The molecule has 0 spiro atoms. The molecular weight excluding hydrogens is 592 g/mol. The molecule has 2 heterocycles. The van der Waals surface area contributed by atoms with Gasteiger partial charge < -0.3 is 50.0 Å². The van der Waals surface area contributed by atoms with Crippen molar-refractivity contribution < 1.29 is 50.0 Å². The maximum atomic E-state index is 12.2. The lowest BCUT2D eigenvalue weighted by Crippen LogP contribution is -2.71. The van der Waals surface area contributed by atoms with Crippen molar-refractivity contribution in [3.8, 4) is 0 Å². The summed E-state index contributed by atoms with van der Waals surface area (Å²) in [7, 11) is 0. The standard InChI is InChI=1S/C36H62O10/c1-31(2)23(39)10-12-33(5)22-15-19(38)25-18(36(8)14-11-24(46-36)32(3,4)43)9-13-34(25,6)35(22,7)16-20(29(31)33)44-30-28(42)27(41)26(40)21(17-37)45-30/h18-30,37-43H,9-17H2,1-8H3. The first-order valence-corrected chi connectivity index (χ1v) is 17.9. The highest BCUT2D eigenvalue weighted by molar-refractivity contribution is 5.22. The van der Waals surface area contributed by atoms with Crippen LogP contribution in [-0.2, 0) is 14.2 Å². The molecule has 0 aromatic carbocycles. The van der Waals surface area contributed by atoms with Gasteiger partial charge in [0.25, 0.3) is 0 Å². The third-order valence-corrected chi connectivity index (χ3v) is 15.3. The van der Waals surface area contributed by atoms with Crippen molar-refractivity contribution in [2.24, 2.45) is 45.3 Å². The van der Waals surface area contributed by atoms with Crippen LogP contribution in [0.15, 0.2) is 0 Å². The van der Waals surface area contributed by atoms with Crippen LogP contribution in [0.25, 0.3) is 0 Å². The van der Waals surface area contributed by atoms with Gasteiger partial charge in [0.05, 0.1) is 42.2 Å². The topological polar surface area (TPSA) is 169 Å². The fourth-order valence-electron chi connectivity index (χ4n) is 12.7. The zero-order chi connectivity index (χ0) is 34.0. The molecule has 6 rings (SSSR count). The fraction of sp³-hybridized carbons (Fsp3) is 1.00. The lowest BCUT2D eigenvalue weighted by molar-refractivity contribution is -0.347. The van der Waals surface area contributed by atoms with Crippen LogP contribution in [0.1, 0.15) is 107 Å². The molecule has 6 aliphatic rings. The Labute approximate surface area is 274 Å². The van der Waals surface area contributed by atoms with E-state index in [4.69, 9.17) is 14.2 Å². The zero-order valence-electron chi connectivity index (χ0n) is 29.2. The highest BCUT2D eigenvalue weighted by Crippen LogP contribution is 2.76. The first kappa shape index (κ1) is 35.4. The van der Waals surface area contributed by atoms with Gasteiger partial charge >= 0.3 is 0 Å². The number of hydrogen-bond donors (Lipinski definition) is 7. The summed E-state index contributed by atoms with van der Waals surface area (Å²) in [6.07, 6.45) is -2.57. The van der Waals surface area contributed by atoms with Crippen LogP contribution < -0.4 is 0 Å². The van der Waals surface area contributed by atoms with E-state index in [1.54, 1.807) is 13.8 Å². The number of rotatable bonds is 5. The van der Waals surface area contributed by atoms with E-state index in [0.29, 0.717) is 19.3 Å². The third kappa shape index (κ3) is 4.94. The molecule has 2 aliphatic heterocycles. The Morgan fingerprint density at radius 2 is 1.50 bits per heavy atom. The molecule has 0 aromatic rings. The van der Waals surface area contributed by atoms with E-state index in [1.807, 2.05) is 0 Å². The maximum Gasteiger partial charge on any atom is 0.186 e. The Kier molecular flexibility index (Phi) is 8.71. The summed E-state index contributed by atoms with van der Waals surface area (Å²) in [6, 6.07) is 0. The van der Waals surface area contributed by atoms with Crippen LogP contribution in [0.3, 0.4) is 0 Å². The van der Waals surface area contributed by atoms with Crippen molar-refractivity contribution >= 4 is 0 Å². The monoisotopic (exact) mass is 654 g/mol. The molecule has 10 nitrogen and oxygen atoms in total. The zero-order valence-corrected chi connectivity index (χ0v) is 29.2. The van der Waals surface area contributed by atoms with Crippen LogP contribution in [0.5, 0.6) is 0 Å². The number of aliphatic hydroxyl groups is 7. The molecule has 0 aromatic heterocycles. The summed E-state index contributed by atoms with van der Waals surface area (Å²) in [5, 5.41) is 76.4. The summed E-state index contributed by atoms with van der Waals surface area (Å²) in [4.78, 5) is 0. The van der Waals surface area contributed by atoms with Crippen molar-refractivity contribution in [2.75, 3.05) is 6.61 Å². The van der Waals surface area contributed by atoms with E-state index in [1.165, 1.54) is 0 Å². The summed E-state index contributed by atoms with van der Waals surface area (Å²) in [5.74, 6) is 0.0944. The van der Waals surface area contributed by atoms with E-state index in [9.17, 15) is 35.7 Å². The highest BCUT2D eigenvalue weighted by atomic mass is 16.7. The Bertz CT molecular complexity index is 1140. The number of aliphatic hydroxyl groups excluding tert-OH is 6. The van der Waals surface area contributed by atoms with E-state index in [2.05, 4.69) is 41.5 Å². The van der Waals surface area contributed by atoms with Gasteiger partial charge in [-0.25, -0.2) is 0 Å². The minimum Gasteiger partial charge on any atom is -0.394 e. The minimum absolute atomic E-state index is 0.0189. The lowest BCUT2D eigenvalue weighted by Gasteiger charge is -2.72. The first-order valence-electron chi connectivity index (χ1n) is 17.9.